The SMILES string of the molecule is CC1(C)OB(c2ccc(C(=O)N3CCC(N)C3)cc2Cl)OC1(C)C.Cl. The molecular formula is C17H25BCl2N2O3. The zero-order valence-corrected chi connectivity index (χ0v) is 16.6. The topological polar surface area (TPSA) is 64.8 Å². The van der Waals surface area contributed by atoms with Gasteiger partial charge < -0.3 is 19.9 Å². The van der Waals surface area contributed by atoms with Gasteiger partial charge >= 0.3 is 7.12 Å². The largest absolute Gasteiger partial charge is 0.496 e. The third-order valence-electron chi connectivity index (χ3n) is 5.27. The summed E-state index contributed by atoms with van der Waals surface area (Å²) in [6.45, 7) is 9.27. The van der Waals surface area contributed by atoms with Gasteiger partial charge in [-0.3, -0.25) is 4.79 Å². The molecule has 1 unspecified atom stereocenters. The summed E-state index contributed by atoms with van der Waals surface area (Å²) in [5.41, 5.74) is 6.32. The summed E-state index contributed by atoms with van der Waals surface area (Å²) in [6.07, 6.45) is 0.839. The number of nitrogens with two attached hydrogens (primary N) is 1. The molecule has 0 aromatic heterocycles. The maximum Gasteiger partial charge on any atom is 0.496 e. The highest BCUT2D eigenvalue weighted by Crippen LogP contribution is 2.37. The zero-order chi connectivity index (χ0) is 17.7. The van der Waals surface area contributed by atoms with E-state index in [0.717, 1.165) is 11.9 Å². The average molecular weight is 387 g/mol. The van der Waals surface area contributed by atoms with E-state index in [1.807, 2.05) is 33.8 Å². The third kappa shape index (κ3) is 3.83. The highest BCUT2D eigenvalue weighted by molar-refractivity contribution is 6.65. The second-order valence-corrected chi connectivity index (χ2v) is 8.03. The van der Waals surface area contributed by atoms with E-state index in [-0.39, 0.29) is 24.4 Å². The number of rotatable bonds is 2. The molecule has 1 amide bonds. The molecule has 2 saturated heterocycles. The molecule has 3 rings (SSSR count). The molecule has 2 aliphatic rings. The Bertz CT molecular complexity index is 653. The lowest BCUT2D eigenvalue weighted by Crippen LogP contribution is -2.41. The Morgan fingerprint density at radius 3 is 2.36 bits per heavy atom. The predicted octanol–water partition coefficient (Wildman–Crippen LogP) is 2.23. The Kier molecular flexibility index (Phi) is 5.82. The molecule has 5 nitrogen and oxygen atoms in total. The van der Waals surface area contributed by atoms with Crippen LogP contribution in [0.3, 0.4) is 0 Å². The number of carbonyl (C=O) groups excluding carboxylic acids is 1. The number of carbonyl (C=O) groups is 1. The molecule has 0 spiro atoms. The molecule has 138 valence electrons. The molecule has 1 aromatic rings. The summed E-state index contributed by atoms with van der Waals surface area (Å²) in [4.78, 5) is 14.3. The number of benzene rings is 1. The standard InChI is InChI=1S/C17H24BClN2O3.ClH/c1-16(2)17(3,4)24-18(23-16)13-6-5-11(9-14(13)19)15(22)21-8-7-12(20)10-21;/h5-6,9,12H,7-8,10,20H2,1-4H3;1H. The van der Waals surface area contributed by atoms with Crippen LogP contribution >= 0.6 is 24.0 Å². The van der Waals surface area contributed by atoms with Crippen molar-refractivity contribution in [1.29, 1.82) is 0 Å². The number of amides is 1. The molecule has 2 N–H and O–H groups in total. The van der Waals surface area contributed by atoms with E-state index in [1.165, 1.54) is 0 Å². The van der Waals surface area contributed by atoms with Gasteiger partial charge in [0.25, 0.3) is 5.91 Å². The lowest BCUT2D eigenvalue weighted by atomic mass is 9.78. The molecule has 0 aliphatic carbocycles. The van der Waals surface area contributed by atoms with Crippen molar-refractivity contribution >= 4 is 42.5 Å². The normalized spacial score (nSPS) is 24.3. The Hall–Kier alpha value is -0.785. The van der Waals surface area contributed by atoms with Gasteiger partial charge in [0, 0.05) is 35.2 Å². The van der Waals surface area contributed by atoms with E-state index in [0.29, 0.717) is 23.7 Å². The number of hydrogen-bond donors (Lipinski definition) is 1. The molecule has 8 heteroatoms. The highest BCUT2D eigenvalue weighted by Gasteiger charge is 2.52. The van der Waals surface area contributed by atoms with Crippen molar-refractivity contribution in [2.24, 2.45) is 5.73 Å². The summed E-state index contributed by atoms with van der Waals surface area (Å²) in [7, 11) is -0.535. The van der Waals surface area contributed by atoms with E-state index >= 15 is 0 Å². The van der Waals surface area contributed by atoms with Crippen LogP contribution in [0.25, 0.3) is 0 Å². The number of hydrogen-bond acceptors (Lipinski definition) is 4. The Morgan fingerprint density at radius 2 is 1.88 bits per heavy atom. The van der Waals surface area contributed by atoms with Crippen LogP contribution in [-0.4, -0.2) is 48.3 Å². The lowest BCUT2D eigenvalue weighted by Gasteiger charge is -2.32. The van der Waals surface area contributed by atoms with Crippen LogP contribution in [0.15, 0.2) is 18.2 Å². The molecule has 0 bridgehead atoms. The Labute approximate surface area is 160 Å². The van der Waals surface area contributed by atoms with E-state index in [9.17, 15) is 4.79 Å². The summed E-state index contributed by atoms with van der Waals surface area (Å²) < 4.78 is 12.1. The molecule has 25 heavy (non-hydrogen) atoms. The molecule has 2 fully saturated rings. The molecule has 1 aromatic carbocycles. The Balaban J connectivity index is 0.00000225. The first-order valence-electron chi connectivity index (χ1n) is 8.31. The molecule has 0 saturated carbocycles. The number of likely N-dealkylation sites (tertiary alicyclic amines) is 1. The molecule has 2 aliphatic heterocycles. The van der Waals surface area contributed by atoms with Crippen LogP contribution in [0, 0.1) is 0 Å². The predicted molar refractivity (Wildman–Crippen MR) is 103 cm³/mol. The van der Waals surface area contributed by atoms with Gasteiger partial charge in [-0.15, -0.1) is 12.4 Å². The van der Waals surface area contributed by atoms with Gasteiger partial charge in [0.1, 0.15) is 0 Å². The van der Waals surface area contributed by atoms with Gasteiger partial charge in [-0.1, -0.05) is 17.7 Å². The quantitative estimate of drug-likeness (QED) is 0.791. The van der Waals surface area contributed by atoms with Crippen molar-refractivity contribution in [2.45, 2.75) is 51.4 Å². The van der Waals surface area contributed by atoms with Crippen molar-refractivity contribution < 1.29 is 14.1 Å². The smallest absolute Gasteiger partial charge is 0.399 e. The summed E-state index contributed by atoms with van der Waals surface area (Å²) in [6, 6.07) is 5.34. The first-order chi connectivity index (χ1) is 11.1. The lowest BCUT2D eigenvalue weighted by molar-refractivity contribution is 0.00578. The summed E-state index contributed by atoms with van der Waals surface area (Å²) in [5, 5.41) is 0.475. The monoisotopic (exact) mass is 386 g/mol. The van der Waals surface area contributed by atoms with Crippen LogP contribution in [0.4, 0.5) is 0 Å². The van der Waals surface area contributed by atoms with Crippen LogP contribution in [0.2, 0.25) is 5.02 Å². The molecule has 0 radical (unpaired) electrons. The second-order valence-electron chi connectivity index (χ2n) is 7.62. The first-order valence-corrected chi connectivity index (χ1v) is 8.68. The van der Waals surface area contributed by atoms with Gasteiger partial charge in [0.15, 0.2) is 0 Å². The van der Waals surface area contributed by atoms with Crippen LogP contribution in [0.5, 0.6) is 0 Å². The van der Waals surface area contributed by atoms with Crippen LogP contribution in [0.1, 0.15) is 44.5 Å². The minimum atomic E-state index is -0.535. The highest BCUT2D eigenvalue weighted by atomic mass is 35.5. The zero-order valence-electron chi connectivity index (χ0n) is 15.0. The average Bonchev–Trinajstić information content (AvgIpc) is 2.99. The van der Waals surface area contributed by atoms with Crippen molar-refractivity contribution in [1.82, 2.24) is 4.90 Å². The van der Waals surface area contributed by atoms with Gasteiger partial charge in [0.05, 0.1) is 11.2 Å². The van der Waals surface area contributed by atoms with Gasteiger partial charge in [-0.2, -0.15) is 0 Å². The van der Waals surface area contributed by atoms with E-state index in [1.54, 1.807) is 17.0 Å². The summed E-state index contributed by atoms with van der Waals surface area (Å²) >= 11 is 6.42. The van der Waals surface area contributed by atoms with E-state index < -0.39 is 18.3 Å². The third-order valence-corrected chi connectivity index (χ3v) is 5.59. The molecule has 1 atom stereocenters. The van der Waals surface area contributed by atoms with Gasteiger partial charge in [0.2, 0.25) is 0 Å². The van der Waals surface area contributed by atoms with Crippen molar-refractivity contribution in [3.63, 3.8) is 0 Å². The molecule has 2 heterocycles. The first kappa shape index (κ1) is 20.5. The maximum absolute atomic E-state index is 12.5. The van der Waals surface area contributed by atoms with Crippen LogP contribution in [-0.2, 0) is 9.31 Å². The number of nitrogens with zero attached hydrogens (tertiary/aromatic N) is 1. The van der Waals surface area contributed by atoms with E-state index in [2.05, 4.69) is 0 Å². The van der Waals surface area contributed by atoms with Gasteiger partial charge in [-0.25, -0.2) is 0 Å². The van der Waals surface area contributed by atoms with Crippen molar-refractivity contribution in [3.8, 4) is 0 Å². The van der Waals surface area contributed by atoms with E-state index in [4.69, 9.17) is 26.6 Å². The van der Waals surface area contributed by atoms with Crippen molar-refractivity contribution in [3.05, 3.63) is 28.8 Å². The number of halogens is 2. The second kappa shape index (κ2) is 7.08. The summed E-state index contributed by atoms with van der Waals surface area (Å²) in [5.74, 6) is -0.0367. The molecular weight excluding hydrogens is 362 g/mol. The maximum atomic E-state index is 12.5. The Morgan fingerprint density at radius 1 is 1.28 bits per heavy atom. The minimum Gasteiger partial charge on any atom is -0.399 e. The van der Waals surface area contributed by atoms with Crippen molar-refractivity contribution in [2.75, 3.05) is 13.1 Å². The fourth-order valence-electron chi connectivity index (χ4n) is 2.98. The van der Waals surface area contributed by atoms with Crippen LogP contribution < -0.4 is 11.2 Å². The van der Waals surface area contributed by atoms with Gasteiger partial charge in [-0.05, 0) is 46.2 Å². The fourth-order valence-corrected chi connectivity index (χ4v) is 3.25. The minimum absolute atomic E-state index is 0. The fraction of sp³-hybridized carbons (Fsp3) is 0.588.